The number of aromatic nitrogens is 1. The molecule has 0 amide bonds. The molecule has 2 heterocycles. The highest BCUT2D eigenvalue weighted by molar-refractivity contribution is 7.15. The molecule has 2 unspecified atom stereocenters. The molecule has 0 saturated carbocycles. The van der Waals surface area contributed by atoms with Crippen LogP contribution in [0.25, 0.3) is 0 Å². The van der Waals surface area contributed by atoms with E-state index in [2.05, 4.69) is 4.98 Å². The lowest BCUT2D eigenvalue weighted by Crippen LogP contribution is -2.24. The molecular formula is C15H17ClF3N3OS. The summed E-state index contributed by atoms with van der Waals surface area (Å²) in [5.41, 5.74) is 5.72. The van der Waals surface area contributed by atoms with Crippen molar-refractivity contribution in [1.29, 1.82) is 0 Å². The van der Waals surface area contributed by atoms with Gasteiger partial charge in [0.15, 0.2) is 5.13 Å². The lowest BCUT2D eigenvalue weighted by molar-refractivity contribution is -0.137. The molecule has 0 radical (unpaired) electrons. The molecule has 1 fully saturated rings. The fourth-order valence-corrected chi connectivity index (χ4v) is 3.60. The van der Waals surface area contributed by atoms with Crippen molar-refractivity contribution < 1.29 is 18.3 Å². The first-order chi connectivity index (χ1) is 10.8. The number of nitrogens with two attached hydrogens (primary N) is 1. The largest absolute Gasteiger partial charge is 0.416 e. The van der Waals surface area contributed by atoms with Crippen molar-refractivity contribution >= 4 is 28.9 Å². The van der Waals surface area contributed by atoms with Crippen LogP contribution < -0.4 is 5.73 Å². The number of β-amino-alcohol motifs (C(OH)–C–C–N with tert-alkyl or cyclic N) is 1. The number of rotatable bonds is 3. The lowest BCUT2D eigenvalue weighted by atomic mass is 10.0. The van der Waals surface area contributed by atoms with Gasteiger partial charge in [-0.25, -0.2) is 4.98 Å². The Labute approximate surface area is 147 Å². The minimum Gasteiger partial charge on any atom is -0.392 e. The Kier molecular flexibility index (Phi) is 5.74. The van der Waals surface area contributed by atoms with Crippen LogP contribution in [-0.2, 0) is 12.7 Å². The Hall–Kier alpha value is -1.35. The molecule has 2 aromatic rings. The Balaban J connectivity index is 0.00000208. The van der Waals surface area contributed by atoms with Crippen LogP contribution in [0.15, 0.2) is 30.5 Å². The Morgan fingerprint density at radius 3 is 2.50 bits per heavy atom. The molecule has 132 valence electrons. The van der Waals surface area contributed by atoms with Crippen molar-refractivity contribution in [3.05, 3.63) is 46.5 Å². The lowest BCUT2D eigenvalue weighted by Gasteiger charge is -2.24. The van der Waals surface area contributed by atoms with Gasteiger partial charge in [0.1, 0.15) is 0 Å². The van der Waals surface area contributed by atoms with E-state index in [1.54, 1.807) is 6.20 Å². The van der Waals surface area contributed by atoms with E-state index in [9.17, 15) is 18.3 Å². The van der Waals surface area contributed by atoms with Crippen molar-refractivity contribution in [3.8, 4) is 0 Å². The quantitative estimate of drug-likeness (QED) is 0.857. The molecule has 4 nitrogen and oxygen atoms in total. The molecular weight excluding hydrogens is 363 g/mol. The Morgan fingerprint density at radius 2 is 1.96 bits per heavy atom. The zero-order valence-electron chi connectivity index (χ0n) is 12.5. The van der Waals surface area contributed by atoms with E-state index in [4.69, 9.17) is 5.73 Å². The molecule has 1 aromatic heterocycles. The molecule has 1 saturated heterocycles. The summed E-state index contributed by atoms with van der Waals surface area (Å²) in [6.07, 6.45) is -2.64. The summed E-state index contributed by atoms with van der Waals surface area (Å²) in [7, 11) is 0. The van der Waals surface area contributed by atoms with E-state index >= 15 is 0 Å². The van der Waals surface area contributed by atoms with E-state index in [1.807, 2.05) is 4.90 Å². The maximum atomic E-state index is 12.7. The third-order valence-electron chi connectivity index (χ3n) is 3.93. The number of aliphatic hydroxyl groups excluding tert-OH is 1. The fourth-order valence-electron chi connectivity index (χ4n) is 2.89. The fraction of sp³-hybridized carbons (Fsp3) is 0.400. The van der Waals surface area contributed by atoms with Crippen LogP contribution in [0.2, 0.25) is 0 Å². The van der Waals surface area contributed by atoms with Crippen molar-refractivity contribution in [1.82, 2.24) is 9.88 Å². The van der Waals surface area contributed by atoms with Crippen LogP contribution in [0.3, 0.4) is 0 Å². The first kappa shape index (κ1) is 19.0. The van der Waals surface area contributed by atoms with E-state index < -0.39 is 17.8 Å². The average molecular weight is 380 g/mol. The normalized spacial score (nSPS) is 21.7. The minimum atomic E-state index is -4.34. The van der Waals surface area contributed by atoms with Crippen LogP contribution in [0.1, 0.15) is 28.5 Å². The zero-order chi connectivity index (χ0) is 16.6. The highest BCUT2D eigenvalue weighted by Gasteiger charge is 2.34. The van der Waals surface area contributed by atoms with E-state index in [1.165, 1.54) is 23.5 Å². The van der Waals surface area contributed by atoms with E-state index in [-0.39, 0.29) is 18.4 Å². The second-order valence-electron chi connectivity index (χ2n) is 5.62. The molecule has 1 aromatic carbocycles. The number of nitrogen functional groups attached to an aromatic ring is 1. The van der Waals surface area contributed by atoms with Gasteiger partial charge in [0.05, 0.1) is 11.7 Å². The van der Waals surface area contributed by atoms with E-state index in [0.717, 1.165) is 22.6 Å². The second-order valence-corrected chi connectivity index (χ2v) is 6.77. The molecule has 0 bridgehead atoms. The van der Waals surface area contributed by atoms with Gasteiger partial charge in [-0.15, -0.1) is 23.7 Å². The second kappa shape index (κ2) is 7.26. The first-order valence-electron chi connectivity index (χ1n) is 7.12. The topological polar surface area (TPSA) is 62.4 Å². The van der Waals surface area contributed by atoms with Gasteiger partial charge < -0.3 is 10.8 Å². The molecule has 0 spiro atoms. The summed E-state index contributed by atoms with van der Waals surface area (Å²) in [5, 5.41) is 10.4. The van der Waals surface area contributed by atoms with Crippen LogP contribution >= 0.6 is 23.7 Å². The first-order valence-corrected chi connectivity index (χ1v) is 7.94. The number of anilines is 1. The summed E-state index contributed by atoms with van der Waals surface area (Å²) in [6, 6.07) is 5.03. The molecule has 3 N–H and O–H groups in total. The molecule has 9 heteroatoms. The van der Waals surface area contributed by atoms with Crippen LogP contribution in [0.4, 0.5) is 18.3 Å². The number of alkyl halides is 3. The van der Waals surface area contributed by atoms with Gasteiger partial charge in [-0.3, -0.25) is 4.90 Å². The predicted octanol–water partition coefficient (Wildman–Crippen LogP) is 3.47. The van der Waals surface area contributed by atoms with Gasteiger partial charge >= 0.3 is 6.18 Å². The number of nitrogens with zero attached hydrogens (tertiary/aromatic N) is 2. The van der Waals surface area contributed by atoms with Crippen molar-refractivity contribution in [2.24, 2.45) is 0 Å². The van der Waals surface area contributed by atoms with Gasteiger partial charge in [-0.05, 0) is 24.1 Å². The summed E-state index contributed by atoms with van der Waals surface area (Å²) >= 11 is 1.37. The van der Waals surface area contributed by atoms with Gasteiger partial charge in [0.25, 0.3) is 0 Å². The molecule has 3 rings (SSSR count). The van der Waals surface area contributed by atoms with E-state index in [0.29, 0.717) is 24.6 Å². The molecule has 24 heavy (non-hydrogen) atoms. The maximum absolute atomic E-state index is 12.7. The highest BCUT2D eigenvalue weighted by Crippen LogP contribution is 2.36. The van der Waals surface area contributed by atoms with Gasteiger partial charge in [0, 0.05) is 30.2 Å². The van der Waals surface area contributed by atoms with Crippen molar-refractivity contribution in [2.75, 3.05) is 12.3 Å². The number of hydrogen-bond acceptors (Lipinski definition) is 5. The van der Waals surface area contributed by atoms with Crippen LogP contribution in [-0.4, -0.2) is 27.6 Å². The smallest absolute Gasteiger partial charge is 0.392 e. The number of benzene rings is 1. The molecule has 1 aliphatic rings. The SMILES string of the molecule is Cl.Nc1ncc(CN2CC(O)CC2c2ccc(C(F)(F)F)cc2)s1. The Bertz CT molecular complexity index is 677. The number of thiazole rings is 1. The van der Waals surface area contributed by atoms with Crippen molar-refractivity contribution in [3.63, 3.8) is 0 Å². The van der Waals surface area contributed by atoms with Gasteiger partial charge in [-0.1, -0.05) is 12.1 Å². The monoisotopic (exact) mass is 379 g/mol. The standard InChI is InChI=1S/C15H16F3N3OS.ClH/c16-15(17,18)10-3-1-9(2-4-10)13-5-11(22)7-21(13)8-12-6-20-14(19)23-12;/h1-4,6,11,13,22H,5,7-8H2,(H2,19,20);1H. The summed E-state index contributed by atoms with van der Waals surface area (Å²) in [6.45, 7) is 1.04. The Morgan fingerprint density at radius 1 is 1.29 bits per heavy atom. The third-order valence-corrected chi connectivity index (χ3v) is 4.75. The molecule has 1 aliphatic heterocycles. The third kappa shape index (κ3) is 4.18. The summed E-state index contributed by atoms with van der Waals surface area (Å²) in [5.74, 6) is 0. The predicted molar refractivity (Wildman–Crippen MR) is 89.0 cm³/mol. The summed E-state index contributed by atoms with van der Waals surface area (Å²) < 4.78 is 38.0. The number of aliphatic hydroxyl groups is 1. The number of hydrogen-bond donors (Lipinski definition) is 2. The number of halogens is 4. The van der Waals surface area contributed by atoms with Gasteiger partial charge in [-0.2, -0.15) is 13.2 Å². The minimum absolute atomic E-state index is 0. The number of likely N-dealkylation sites (tertiary alicyclic amines) is 1. The summed E-state index contributed by atoms with van der Waals surface area (Å²) in [4.78, 5) is 7.00. The molecule has 2 atom stereocenters. The highest BCUT2D eigenvalue weighted by atomic mass is 35.5. The maximum Gasteiger partial charge on any atom is 0.416 e. The van der Waals surface area contributed by atoms with Crippen LogP contribution in [0, 0.1) is 0 Å². The average Bonchev–Trinajstić information content (AvgIpc) is 3.04. The molecule has 0 aliphatic carbocycles. The van der Waals surface area contributed by atoms with Crippen LogP contribution in [0.5, 0.6) is 0 Å². The van der Waals surface area contributed by atoms with Crippen molar-refractivity contribution in [2.45, 2.75) is 31.3 Å². The van der Waals surface area contributed by atoms with Gasteiger partial charge in [0.2, 0.25) is 0 Å². The zero-order valence-corrected chi connectivity index (χ0v) is 14.2.